The van der Waals surface area contributed by atoms with Crippen molar-refractivity contribution in [3.63, 3.8) is 0 Å². The smallest absolute Gasteiger partial charge is 0.350 e. The van der Waals surface area contributed by atoms with Crippen LogP contribution in [0.25, 0.3) is 0 Å². The summed E-state index contributed by atoms with van der Waals surface area (Å²) in [6, 6.07) is 6.48. The number of amides is 1. The maximum atomic E-state index is 12.0. The first-order chi connectivity index (χ1) is 10.3. The van der Waals surface area contributed by atoms with Crippen LogP contribution in [-0.4, -0.2) is 28.5 Å². The highest BCUT2D eigenvalue weighted by molar-refractivity contribution is 6.34. The Kier molecular flexibility index (Phi) is 5.04. The first-order valence-corrected chi connectivity index (χ1v) is 6.46. The van der Waals surface area contributed by atoms with Gasteiger partial charge in [-0.05, 0) is 12.1 Å². The second kappa shape index (κ2) is 6.80. The van der Waals surface area contributed by atoms with E-state index in [1.807, 2.05) is 0 Å². The molecule has 0 spiro atoms. The Morgan fingerprint density at radius 3 is 2.77 bits per heavy atom. The van der Waals surface area contributed by atoms with Crippen molar-refractivity contribution in [3.8, 4) is 0 Å². The third kappa shape index (κ3) is 4.74. The average Bonchev–Trinajstić information content (AvgIpc) is 2.85. The van der Waals surface area contributed by atoms with Crippen LogP contribution in [0, 0.1) is 0 Å². The highest BCUT2D eigenvalue weighted by atomic mass is 35.5. The Hall–Kier alpha value is -2.06. The molecule has 0 saturated heterocycles. The molecule has 1 heterocycles. The zero-order valence-electron chi connectivity index (χ0n) is 11.1. The number of rotatable bonds is 5. The van der Waals surface area contributed by atoms with Gasteiger partial charge in [0.25, 0.3) is 5.91 Å². The highest BCUT2D eigenvalue weighted by Gasteiger charge is 2.27. The molecule has 2 rings (SSSR count). The lowest BCUT2D eigenvalue weighted by atomic mass is 10.2. The van der Waals surface area contributed by atoms with E-state index in [0.717, 1.165) is 4.68 Å². The summed E-state index contributed by atoms with van der Waals surface area (Å²) in [6.45, 7) is -1.74. The van der Waals surface area contributed by atoms with Crippen LogP contribution < -0.4 is 5.32 Å². The topological polar surface area (TPSA) is 56.2 Å². The number of ether oxygens (including phenoxy) is 1. The highest BCUT2D eigenvalue weighted by Crippen LogP contribution is 2.17. The Balaban J connectivity index is 1.92. The molecule has 0 saturated carbocycles. The van der Waals surface area contributed by atoms with Gasteiger partial charge in [0.05, 0.1) is 28.7 Å². The number of hydrogen-bond donors (Lipinski definition) is 1. The van der Waals surface area contributed by atoms with E-state index < -0.39 is 18.7 Å². The average molecular weight is 334 g/mol. The lowest BCUT2D eigenvalue weighted by molar-refractivity contribution is -0.182. The second-order valence-corrected chi connectivity index (χ2v) is 4.70. The molecule has 118 valence electrons. The van der Waals surface area contributed by atoms with E-state index in [0.29, 0.717) is 10.7 Å². The van der Waals surface area contributed by atoms with E-state index in [1.165, 1.54) is 12.4 Å². The summed E-state index contributed by atoms with van der Waals surface area (Å²) in [5.41, 5.74) is 0.603. The van der Waals surface area contributed by atoms with Gasteiger partial charge in [-0.25, -0.2) is 4.68 Å². The normalized spacial score (nSPS) is 11.5. The van der Waals surface area contributed by atoms with E-state index in [4.69, 9.17) is 11.6 Å². The predicted octanol–water partition coefficient (Wildman–Crippen LogP) is 3.33. The number of nitrogens with zero attached hydrogens (tertiary/aromatic N) is 2. The van der Waals surface area contributed by atoms with E-state index in [9.17, 15) is 18.0 Å². The third-order valence-corrected chi connectivity index (χ3v) is 2.83. The SMILES string of the molecule is O=C(Nc1cnn(COCC(F)(F)F)c1)c1ccccc1Cl. The molecule has 1 aromatic heterocycles. The summed E-state index contributed by atoms with van der Waals surface area (Å²) in [5.74, 6) is -0.443. The van der Waals surface area contributed by atoms with Gasteiger partial charge < -0.3 is 10.1 Å². The van der Waals surface area contributed by atoms with Crippen molar-refractivity contribution in [3.05, 3.63) is 47.2 Å². The number of carbonyl (C=O) groups excluding carboxylic acids is 1. The van der Waals surface area contributed by atoms with Crippen LogP contribution in [-0.2, 0) is 11.5 Å². The van der Waals surface area contributed by atoms with Gasteiger partial charge in [-0.1, -0.05) is 23.7 Å². The molecule has 9 heteroatoms. The fourth-order valence-corrected chi connectivity index (χ4v) is 1.82. The first-order valence-electron chi connectivity index (χ1n) is 6.08. The minimum atomic E-state index is -4.39. The molecule has 22 heavy (non-hydrogen) atoms. The van der Waals surface area contributed by atoms with E-state index in [2.05, 4.69) is 15.2 Å². The van der Waals surface area contributed by atoms with Gasteiger partial charge in [0.1, 0.15) is 13.3 Å². The van der Waals surface area contributed by atoms with Crippen molar-refractivity contribution in [1.29, 1.82) is 0 Å². The quantitative estimate of drug-likeness (QED) is 0.913. The van der Waals surface area contributed by atoms with Crippen LogP contribution in [0.2, 0.25) is 5.02 Å². The number of nitrogens with one attached hydrogen (secondary N) is 1. The van der Waals surface area contributed by atoms with Gasteiger partial charge in [0.2, 0.25) is 0 Å². The lowest BCUT2D eigenvalue weighted by Crippen LogP contribution is -2.18. The van der Waals surface area contributed by atoms with Crippen LogP contribution in [0.3, 0.4) is 0 Å². The largest absolute Gasteiger partial charge is 0.411 e. The molecule has 1 aromatic carbocycles. The summed E-state index contributed by atoms with van der Waals surface area (Å²) in [7, 11) is 0. The van der Waals surface area contributed by atoms with E-state index in [-0.39, 0.29) is 12.3 Å². The van der Waals surface area contributed by atoms with E-state index in [1.54, 1.807) is 24.3 Å². The van der Waals surface area contributed by atoms with E-state index >= 15 is 0 Å². The van der Waals surface area contributed by atoms with Crippen LogP contribution in [0.5, 0.6) is 0 Å². The molecule has 0 fully saturated rings. The Labute approximate surface area is 128 Å². The van der Waals surface area contributed by atoms with Crippen molar-refractivity contribution in [2.24, 2.45) is 0 Å². The molecular formula is C13H11ClF3N3O2. The van der Waals surface area contributed by atoms with Crippen molar-refractivity contribution >= 4 is 23.2 Å². The van der Waals surface area contributed by atoms with Gasteiger partial charge >= 0.3 is 6.18 Å². The molecule has 0 aliphatic carbocycles. The van der Waals surface area contributed by atoms with Crippen molar-refractivity contribution in [2.45, 2.75) is 12.9 Å². The Bertz CT molecular complexity index is 658. The fraction of sp³-hybridized carbons (Fsp3) is 0.231. The summed E-state index contributed by atoms with van der Waals surface area (Å²) < 4.78 is 41.4. The molecule has 0 atom stereocenters. The van der Waals surface area contributed by atoms with Crippen LogP contribution in [0.1, 0.15) is 10.4 Å². The summed E-state index contributed by atoms with van der Waals surface area (Å²) >= 11 is 5.89. The molecule has 1 amide bonds. The molecule has 0 aliphatic rings. The number of carbonyl (C=O) groups is 1. The molecule has 0 radical (unpaired) electrons. The Morgan fingerprint density at radius 1 is 1.36 bits per heavy atom. The van der Waals surface area contributed by atoms with Gasteiger partial charge in [-0.3, -0.25) is 4.79 Å². The first kappa shape index (κ1) is 16.3. The molecule has 0 unspecified atom stereocenters. The van der Waals surface area contributed by atoms with Crippen molar-refractivity contribution in [1.82, 2.24) is 9.78 Å². The minimum Gasteiger partial charge on any atom is -0.350 e. The molecule has 0 aliphatic heterocycles. The van der Waals surface area contributed by atoms with Gasteiger partial charge in [0, 0.05) is 0 Å². The number of alkyl halides is 3. The fourth-order valence-electron chi connectivity index (χ4n) is 1.60. The van der Waals surface area contributed by atoms with Gasteiger partial charge in [-0.15, -0.1) is 0 Å². The second-order valence-electron chi connectivity index (χ2n) is 4.30. The standard InChI is InChI=1S/C13H11ClF3N3O2/c14-11-4-2-1-3-10(11)12(21)19-9-5-18-20(6-9)8-22-7-13(15,16)17/h1-6H,7-8H2,(H,19,21). The summed E-state index contributed by atoms with van der Waals surface area (Å²) in [5, 5.41) is 6.62. The maximum Gasteiger partial charge on any atom is 0.411 e. The molecular weight excluding hydrogens is 323 g/mol. The zero-order valence-corrected chi connectivity index (χ0v) is 11.9. The van der Waals surface area contributed by atoms with Gasteiger partial charge in [-0.2, -0.15) is 18.3 Å². The maximum absolute atomic E-state index is 12.0. The third-order valence-electron chi connectivity index (χ3n) is 2.50. The van der Waals surface area contributed by atoms with Crippen molar-refractivity contribution < 1.29 is 22.7 Å². The number of halogens is 4. The Morgan fingerprint density at radius 2 is 2.09 bits per heavy atom. The van der Waals surface area contributed by atoms with Crippen molar-refractivity contribution in [2.75, 3.05) is 11.9 Å². The minimum absolute atomic E-state index is 0.283. The number of benzene rings is 1. The monoisotopic (exact) mass is 333 g/mol. The molecule has 5 nitrogen and oxygen atoms in total. The molecule has 0 bridgehead atoms. The summed E-state index contributed by atoms with van der Waals surface area (Å²) in [6.07, 6.45) is -1.74. The predicted molar refractivity (Wildman–Crippen MR) is 73.6 cm³/mol. The number of aromatic nitrogens is 2. The molecule has 2 aromatic rings. The lowest BCUT2D eigenvalue weighted by Gasteiger charge is -2.07. The zero-order chi connectivity index (χ0) is 16.2. The van der Waals surface area contributed by atoms with Crippen LogP contribution in [0.15, 0.2) is 36.7 Å². The number of anilines is 1. The number of hydrogen-bond acceptors (Lipinski definition) is 3. The summed E-state index contributed by atoms with van der Waals surface area (Å²) in [4.78, 5) is 12.0. The van der Waals surface area contributed by atoms with Gasteiger partial charge in [0.15, 0.2) is 0 Å². The molecule has 1 N–H and O–H groups in total. The van der Waals surface area contributed by atoms with Crippen LogP contribution in [0.4, 0.5) is 18.9 Å². The van der Waals surface area contributed by atoms with Crippen LogP contribution >= 0.6 is 11.6 Å².